The Kier molecular flexibility index (Phi) is 8.88. The molecule has 0 bridgehead atoms. The maximum Gasteiger partial charge on any atom is 0.253 e. The molecule has 0 aromatic heterocycles. The molecule has 1 aromatic rings. The quantitative estimate of drug-likeness (QED) is 0.654. The van der Waals surface area contributed by atoms with Gasteiger partial charge in [0.25, 0.3) is 5.91 Å². The third-order valence-electron chi connectivity index (χ3n) is 8.12. The van der Waals surface area contributed by atoms with Crippen molar-refractivity contribution in [1.82, 2.24) is 15.5 Å². The van der Waals surface area contributed by atoms with Crippen LogP contribution < -0.4 is 15.5 Å². The molecule has 0 radical (unpaired) electrons. The first-order valence-electron chi connectivity index (χ1n) is 13.7. The van der Waals surface area contributed by atoms with Crippen LogP contribution in [0.25, 0.3) is 0 Å². The van der Waals surface area contributed by atoms with Crippen molar-refractivity contribution in [2.45, 2.75) is 71.3 Å². The zero-order chi connectivity index (χ0) is 25.5. The monoisotopic (exact) mass is 498 g/mol. The Morgan fingerprint density at radius 3 is 2.47 bits per heavy atom. The van der Waals surface area contributed by atoms with E-state index in [0.717, 1.165) is 43.6 Å². The molecule has 3 heterocycles. The van der Waals surface area contributed by atoms with Gasteiger partial charge in [-0.15, -0.1) is 0 Å². The number of hydrogen-bond donors (Lipinski definition) is 2. The Hall–Kier alpha value is -2.61. The SMILES string of the molecule is Cc1ccc(C(=O)N2CCC3(CCCCOCCNC(=O)[C@H](C)NC3=O)CC2)cc1N1CCCCC1. The van der Waals surface area contributed by atoms with E-state index < -0.39 is 11.5 Å². The van der Waals surface area contributed by atoms with Gasteiger partial charge in [0.2, 0.25) is 11.8 Å². The zero-order valence-electron chi connectivity index (χ0n) is 21.9. The lowest BCUT2D eigenvalue weighted by molar-refractivity contribution is -0.137. The van der Waals surface area contributed by atoms with Crippen LogP contribution in [0, 0.1) is 12.3 Å². The maximum atomic E-state index is 13.5. The number of ether oxygens (including phenoxy) is 1. The third kappa shape index (κ3) is 6.20. The Bertz CT molecular complexity index is 935. The van der Waals surface area contributed by atoms with E-state index in [9.17, 15) is 14.4 Å². The van der Waals surface area contributed by atoms with Crippen molar-refractivity contribution in [2.75, 3.05) is 50.8 Å². The molecule has 0 aliphatic carbocycles. The first kappa shape index (κ1) is 26.5. The minimum absolute atomic E-state index is 0.0364. The molecule has 1 aromatic carbocycles. The molecule has 2 N–H and O–H groups in total. The third-order valence-corrected chi connectivity index (χ3v) is 8.12. The lowest BCUT2D eigenvalue weighted by Gasteiger charge is -2.41. The largest absolute Gasteiger partial charge is 0.380 e. The molecular formula is C28H42N4O4. The predicted molar refractivity (Wildman–Crippen MR) is 140 cm³/mol. The highest BCUT2D eigenvalue weighted by Gasteiger charge is 2.42. The number of benzene rings is 1. The maximum absolute atomic E-state index is 13.5. The van der Waals surface area contributed by atoms with Gasteiger partial charge in [-0.05, 0) is 76.5 Å². The Labute approximate surface area is 215 Å². The van der Waals surface area contributed by atoms with E-state index >= 15 is 0 Å². The van der Waals surface area contributed by atoms with Gasteiger partial charge in [0.1, 0.15) is 6.04 Å². The van der Waals surface area contributed by atoms with Crippen LogP contribution in [-0.4, -0.2) is 74.6 Å². The number of anilines is 1. The van der Waals surface area contributed by atoms with Crippen LogP contribution in [0.15, 0.2) is 18.2 Å². The van der Waals surface area contributed by atoms with Gasteiger partial charge >= 0.3 is 0 Å². The van der Waals surface area contributed by atoms with Gasteiger partial charge in [-0.3, -0.25) is 14.4 Å². The van der Waals surface area contributed by atoms with Gasteiger partial charge in [-0.1, -0.05) is 12.5 Å². The molecule has 4 rings (SSSR count). The second kappa shape index (κ2) is 12.1. The number of carbonyl (C=O) groups excluding carboxylic acids is 3. The number of rotatable bonds is 2. The number of carbonyl (C=O) groups is 3. The van der Waals surface area contributed by atoms with Gasteiger partial charge in [0.15, 0.2) is 0 Å². The number of nitrogens with one attached hydrogen (secondary N) is 2. The minimum Gasteiger partial charge on any atom is -0.380 e. The van der Waals surface area contributed by atoms with E-state index in [0.29, 0.717) is 45.7 Å². The van der Waals surface area contributed by atoms with Crippen LogP contribution in [0.2, 0.25) is 0 Å². The molecular weight excluding hydrogens is 456 g/mol. The summed E-state index contributed by atoms with van der Waals surface area (Å²) < 4.78 is 5.62. The number of likely N-dealkylation sites (tertiary alicyclic amines) is 1. The summed E-state index contributed by atoms with van der Waals surface area (Å²) in [4.78, 5) is 43.6. The van der Waals surface area contributed by atoms with Gasteiger partial charge in [0.05, 0.1) is 12.0 Å². The standard InChI is InChI=1S/C28H42N4O4/c1-21-8-9-23(20-24(21)31-14-5-3-6-15-31)26(34)32-16-11-28(12-17-32)10-4-7-18-36-19-13-29-25(33)22(2)30-27(28)35/h8-9,20,22H,3-7,10-19H2,1-2H3,(H,29,33)(H,30,35)/t22-/m0/s1. The number of piperidine rings is 2. The van der Waals surface area contributed by atoms with Crippen LogP contribution >= 0.6 is 0 Å². The van der Waals surface area contributed by atoms with Gasteiger partial charge in [-0.25, -0.2) is 0 Å². The fraction of sp³-hybridized carbons (Fsp3) is 0.679. The van der Waals surface area contributed by atoms with E-state index in [1.165, 1.54) is 24.8 Å². The second-order valence-corrected chi connectivity index (χ2v) is 10.7. The molecule has 198 valence electrons. The highest BCUT2D eigenvalue weighted by atomic mass is 16.5. The van der Waals surface area contributed by atoms with Gasteiger partial charge in [0, 0.05) is 50.6 Å². The molecule has 1 spiro atoms. The highest BCUT2D eigenvalue weighted by Crippen LogP contribution is 2.38. The number of amides is 3. The number of aryl methyl sites for hydroxylation is 1. The normalized spacial score (nSPS) is 24.2. The summed E-state index contributed by atoms with van der Waals surface area (Å²) in [5.41, 5.74) is 2.52. The second-order valence-electron chi connectivity index (χ2n) is 10.7. The molecule has 8 heteroatoms. The molecule has 1 atom stereocenters. The van der Waals surface area contributed by atoms with Crippen molar-refractivity contribution in [3.63, 3.8) is 0 Å². The van der Waals surface area contributed by atoms with E-state index in [1.807, 2.05) is 11.0 Å². The van der Waals surface area contributed by atoms with Crippen LogP contribution in [-0.2, 0) is 14.3 Å². The van der Waals surface area contributed by atoms with Crippen LogP contribution in [0.4, 0.5) is 5.69 Å². The molecule has 3 fully saturated rings. The van der Waals surface area contributed by atoms with E-state index in [-0.39, 0.29) is 17.7 Å². The van der Waals surface area contributed by atoms with Crippen LogP contribution in [0.3, 0.4) is 0 Å². The smallest absolute Gasteiger partial charge is 0.253 e. The van der Waals surface area contributed by atoms with Crippen molar-refractivity contribution in [1.29, 1.82) is 0 Å². The summed E-state index contributed by atoms with van der Waals surface area (Å²) >= 11 is 0. The molecule has 36 heavy (non-hydrogen) atoms. The summed E-state index contributed by atoms with van der Waals surface area (Å²) in [6.07, 6.45) is 7.36. The molecule has 0 saturated carbocycles. The van der Waals surface area contributed by atoms with E-state index in [1.54, 1.807) is 6.92 Å². The molecule has 3 aliphatic rings. The lowest BCUT2D eigenvalue weighted by Crippen LogP contribution is -2.54. The van der Waals surface area contributed by atoms with Crippen molar-refractivity contribution < 1.29 is 19.1 Å². The number of hydrogen-bond acceptors (Lipinski definition) is 5. The topological polar surface area (TPSA) is 91.0 Å². The van der Waals surface area contributed by atoms with Gasteiger partial charge in [-0.2, -0.15) is 0 Å². The fourth-order valence-corrected chi connectivity index (χ4v) is 5.71. The van der Waals surface area contributed by atoms with Crippen molar-refractivity contribution in [3.05, 3.63) is 29.3 Å². The molecule has 0 unspecified atom stereocenters. The average molecular weight is 499 g/mol. The highest BCUT2D eigenvalue weighted by molar-refractivity contribution is 5.96. The van der Waals surface area contributed by atoms with Crippen molar-refractivity contribution in [2.24, 2.45) is 5.41 Å². The Balaban J connectivity index is 1.44. The Morgan fingerprint density at radius 2 is 1.72 bits per heavy atom. The summed E-state index contributed by atoms with van der Waals surface area (Å²) in [5.74, 6) is -0.229. The first-order valence-corrected chi connectivity index (χ1v) is 13.7. The molecule has 3 saturated heterocycles. The summed E-state index contributed by atoms with van der Waals surface area (Å²) in [6.45, 7) is 8.54. The van der Waals surface area contributed by atoms with E-state index in [4.69, 9.17) is 4.74 Å². The lowest BCUT2D eigenvalue weighted by atomic mass is 9.73. The summed E-state index contributed by atoms with van der Waals surface area (Å²) in [6, 6.07) is 5.44. The first-order chi connectivity index (χ1) is 17.4. The minimum atomic E-state index is -0.601. The van der Waals surface area contributed by atoms with Crippen LogP contribution in [0.1, 0.15) is 74.2 Å². The summed E-state index contributed by atoms with van der Waals surface area (Å²) in [5, 5.41) is 5.77. The molecule has 8 nitrogen and oxygen atoms in total. The summed E-state index contributed by atoms with van der Waals surface area (Å²) in [7, 11) is 0. The van der Waals surface area contributed by atoms with Crippen molar-refractivity contribution in [3.8, 4) is 0 Å². The van der Waals surface area contributed by atoms with Crippen molar-refractivity contribution >= 4 is 23.4 Å². The molecule has 3 aliphatic heterocycles. The Morgan fingerprint density at radius 1 is 0.972 bits per heavy atom. The van der Waals surface area contributed by atoms with E-state index in [2.05, 4.69) is 34.6 Å². The fourth-order valence-electron chi connectivity index (χ4n) is 5.71. The van der Waals surface area contributed by atoms with Gasteiger partial charge < -0.3 is 25.2 Å². The van der Waals surface area contributed by atoms with Crippen LogP contribution in [0.5, 0.6) is 0 Å². The molecule has 3 amide bonds. The average Bonchev–Trinajstić information content (AvgIpc) is 2.91. The number of nitrogens with zero attached hydrogens (tertiary/aromatic N) is 2. The predicted octanol–water partition coefficient (Wildman–Crippen LogP) is 3.03. The zero-order valence-corrected chi connectivity index (χ0v) is 21.9.